The van der Waals surface area contributed by atoms with E-state index in [-0.39, 0.29) is 5.54 Å². The zero-order chi connectivity index (χ0) is 8.32. The molecule has 0 saturated heterocycles. The first-order valence-corrected chi connectivity index (χ1v) is 3.91. The Hall–Kier alpha value is -0.830. The number of nitrogens with zero attached hydrogens (tertiary/aromatic N) is 1. The largest absolute Gasteiger partial charge is 0.347 e. The van der Waals surface area contributed by atoms with E-state index in [1.54, 1.807) is 6.20 Å². The van der Waals surface area contributed by atoms with Crippen LogP contribution in [0.15, 0.2) is 12.4 Å². The van der Waals surface area contributed by atoms with Crippen molar-refractivity contribution in [2.24, 2.45) is 0 Å². The second-order valence-electron chi connectivity index (χ2n) is 3.09. The molecule has 11 heavy (non-hydrogen) atoms. The molecule has 0 aromatic carbocycles. The van der Waals surface area contributed by atoms with Crippen molar-refractivity contribution in [3.8, 4) is 0 Å². The molecule has 2 N–H and O–H groups in total. The van der Waals surface area contributed by atoms with E-state index in [4.69, 9.17) is 0 Å². The van der Waals surface area contributed by atoms with Crippen LogP contribution >= 0.6 is 0 Å². The van der Waals surface area contributed by atoms with Gasteiger partial charge in [-0.1, -0.05) is 6.92 Å². The smallest absolute Gasteiger partial charge is 0.125 e. The van der Waals surface area contributed by atoms with Crippen LogP contribution in [0.3, 0.4) is 0 Å². The van der Waals surface area contributed by atoms with Crippen molar-refractivity contribution in [2.75, 3.05) is 6.54 Å². The summed E-state index contributed by atoms with van der Waals surface area (Å²) >= 11 is 0. The monoisotopic (exact) mass is 153 g/mol. The van der Waals surface area contributed by atoms with Gasteiger partial charge in [-0.3, -0.25) is 0 Å². The summed E-state index contributed by atoms with van der Waals surface area (Å²) in [5.41, 5.74) is -0.0434. The molecule has 62 valence electrons. The topological polar surface area (TPSA) is 40.7 Å². The van der Waals surface area contributed by atoms with E-state index in [9.17, 15) is 0 Å². The molecule has 0 radical (unpaired) electrons. The van der Waals surface area contributed by atoms with E-state index in [0.717, 1.165) is 12.4 Å². The van der Waals surface area contributed by atoms with Crippen LogP contribution in [0, 0.1) is 0 Å². The summed E-state index contributed by atoms with van der Waals surface area (Å²) < 4.78 is 0. The lowest BCUT2D eigenvalue weighted by Crippen LogP contribution is -2.37. The highest BCUT2D eigenvalue weighted by Gasteiger charge is 2.20. The van der Waals surface area contributed by atoms with Crippen LogP contribution in [0.4, 0.5) is 0 Å². The number of aromatic amines is 1. The molecule has 0 aliphatic rings. The fraction of sp³-hybridized carbons (Fsp3) is 0.625. The molecule has 1 heterocycles. The first kappa shape index (κ1) is 8.27. The Bertz CT molecular complexity index is 201. The van der Waals surface area contributed by atoms with Gasteiger partial charge in [-0.25, -0.2) is 4.98 Å². The van der Waals surface area contributed by atoms with Crippen LogP contribution in [0.5, 0.6) is 0 Å². The van der Waals surface area contributed by atoms with Crippen molar-refractivity contribution in [3.63, 3.8) is 0 Å². The minimum atomic E-state index is -0.0434. The number of rotatable bonds is 3. The minimum Gasteiger partial charge on any atom is -0.347 e. The van der Waals surface area contributed by atoms with Crippen molar-refractivity contribution in [1.29, 1.82) is 0 Å². The molecule has 0 atom stereocenters. The lowest BCUT2D eigenvalue weighted by molar-refractivity contribution is 0.394. The molecule has 0 aliphatic heterocycles. The van der Waals surface area contributed by atoms with Crippen LogP contribution in [0.1, 0.15) is 26.6 Å². The predicted octanol–water partition coefficient (Wildman–Crippen LogP) is 1.25. The van der Waals surface area contributed by atoms with Crippen LogP contribution in [-0.2, 0) is 5.54 Å². The number of hydrogen-bond donors (Lipinski definition) is 2. The maximum absolute atomic E-state index is 4.19. The quantitative estimate of drug-likeness (QED) is 0.686. The zero-order valence-corrected chi connectivity index (χ0v) is 7.31. The third kappa shape index (κ3) is 1.80. The average molecular weight is 153 g/mol. The van der Waals surface area contributed by atoms with Crippen molar-refractivity contribution in [2.45, 2.75) is 26.3 Å². The molecule has 0 bridgehead atoms. The highest BCUT2D eigenvalue weighted by Crippen LogP contribution is 2.13. The van der Waals surface area contributed by atoms with Crippen molar-refractivity contribution >= 4 is 0 Å². The molecule has 0 saturated carbocycles. The Balaban J connectivity index is 2.73. The molecule has 0 aliphatic carbocycles. The van der Waals surface area contributed by atoms with E-state index in [0.29, 0.717) is 0 Å². The van der Waals surface area contributed by atoms with Gasteiger partial charge >= 0.3 is 0 Å². The zero-order valence-electron chi connectivity index (χ0n) is 7.31. The van der Waals surface area contributed by atoms with Gasteiger partial charge in [-0.2, -0.15) is 0 Å². The Kier molecular flexibility index (Phi) is 2.29. The van der Waals surface area contributed by atoms with Gasteiger partial charge in [0.25, 0.3) is 0 Å². The lowest BCUT2D eigenvalue weighted by atomic mass is 10.1. The first-order chi connectivity index (χ1) is 5.17. The molecular weight excluding hydrogens is 138 g/mol. The van der Waals surface area contributed by atoms with Crippen LogP contribution in [0.25, 0.3) is 0 Å². The normalized spacial score (nSPS) is 11.9. The maximum Gasteiger partial charge on any atom is 0.125 e. The van der Waals surface area contributed by atoms with Crippen molar-refractivity contribution < 1.29 is 0 Å². The summed E-state index contributed by atoms with van der Waals surface area (Å²) in [7, 11) is 0. The third-order valence-corrected chi connectivity index (χ3v) is 1.71. The van der Waals surface area contributed by atoms with Gasteiger partial charge in [0, 0.05) is 12.4 Å². The van der Waals surface area contributed by atoms with Gasteiger partial charge in [0.2, 0.25) is 0 Å². The van der Waals surface area contributed by atoms with Gasteiger partial charge in [0.05, 0.1) is 5.54 Å². The van der Waals surface area contributed by atoms with Crippen molar-refractivity contribution in [3.05, 3.63) is 18.2 Å². The molecular formula is C8H15N3. The van der Waals surface area contributed by atoms with E-state index in [1.165, 1.54) is 0 Å². The second kappa shape index (κ2) is 3.05. The van der Waals surface area contributed by atoms with E-state index >= 15 is 0 Å². The van der Waals surface area contributed by atoms with Gasteiger partial charge < -0.3 is 10.3 Å². The number of H-pyrrole nitrogens is 1. The fourth-order valence-electron chi connectivity index (χ4n) is 1.13. The number of aromatic nitrogens is 2. The van der Waals surface area contributed by atoms with Crippen LogP contribution in [-0.4, -0.2) is 16.5 Å². The number of nitrogens with one attached hydrogen (secondary N) is 2. The van der Waals surface area contributed by atoms with E-state index in [2.05, 4.69) is 36.1 Å². The maximum atomic E-state index is 4.19. The second-order valence-corrected chi connectivity index (χ2v) is 3.09. The molecule has 0 spiro atoms. The highest BCUT2D eigenvalue weighted by molar-refractivity contribution is 5.01. The first-order valence-electron chi connectivity index (χ1n) is 3.91. The number of hydrogen-bond acceptors (Lipinski definition) is 2. The molecule has 0 amide bonds. The van der Waals surface area contributed by atoms with Crippen LogP contribution < -0.4 is 5.32 Å². The summed E-state index contributed by atoms with van der Waals surface area (Å²) in [6, 6.07) is 0. The minimum absolute atomic E-state index is 0.0434. The summed E-state index contributed by atoms with van der Waals surface area (Å²) in [5, 5.41) is 3.33. The molecule has 3 heteroatoms. The standard InChI is InChI=1S/C8H15N3/c1-4-11-8(2,3)7-9-5-6-10-7/h5-6,11H,4H2,1-3H3,(H,9,10). The van der Waals surface area contributed by atoms with Crippen molar-refractivity contribution in [1.82, 2.24) is 15.3 Å². The molecule has 1 aromatic heterocycles. The Morgan fingerprint density at radius 1 is 1.64 bits per heavy atom. The third-order valence-electron chi connectivity index (χ3n) is 1.71. The average Bonchev–Trinajstić information content (AvgIpc) is 2.37. The van der Waals surface area contributed by atoms with E-state index < -0.39 is 0 Å². The molecule has 0 unspecified atom stereocenters. The summed E-state index contributed by atoms with van der Waals surface area (Å²) in [5.74, 6) is 0.986. The van der Waals surface area contributed by atoms with Gasteiger partial charge in [-0.05, 0) is 20.4 Å². The Labute approximate surface area is 67.2 Å². The van der Waals surface area contributed by atoms with Gasteiger partial charge in [-0.15, -0.1) is 0 Å². The molecule has 1 aromatic rings. The van der Waals surface area contributed by atoms with Gasteiger partial charge in [0.1, 0.15) is 5.82 Å². The fourth-order valence-corrected chi connectivity index (χ4v) is 1.13. The molecule has 3 nitrogen and oxygen atoms in total. The molecule has 0 fully saturated rings. The molecule has 1 rings (SSSR count). The Morgan fingerprint density at radius 2 is 2.36 bits per heavy atom. The highest BCUT2D eigenvalue weighted by atomic mass is 15.0. The Morgan fingerprint density at radius 3 is 2.82 bits per heavy atom. The lowest BCUT2D eigenvalue weighted by Gasteiger charge is -2.22. The summed E-state index contributed by atoms with van der Waals surface area (Å²) in [6.07, 6.45) is 3.61. The number of imidazole rings is 1. The van der Waals surface area contributed by atoms with Crippen LogP contribution in [0.2, 0.25) is 0 Å². The predicted molar refractivity (Wildman–Crippen MR) is 45.3 cm³/mol. The van der Waals surface area contributed by atoms with Gasteiger partial charge in [0.15, 0.2) is 0 Å². The SMILES string of the molecule is CCNC(C)(C)c1ncc[nH]1. The van der Waals surface area contributed by atoms with E-state index in [1.807, 2.05) is 6.20 Å². The summed E-state index contributed by atoms with van der Waals surface area (Å²) in [4.78, 5) is 7.28. The summed E-state index contributed by atoms with van der Waals surface area (Å²) in [6.45, 7) is 7.25.